The first kappa shape index (κ1) is 21.4. The van der Waals surface area contributed by atoms with Crippen LogP contribution in [0.15, 0.2) is 60.9 Å². The van der Waals surface area contributed by atoms with Crippen molar-refractivity contribution in [2.45, 2.75) is 39.5 Å². The number of methoxy groups -OCH3 is 1. The Morgan fingerprint density at radius 3 is 2.20 bits per heavy atom. The molecule has 0 saturated carbocycles. The quantitative estimate of drug-likeness (QED) is 0.411. The van der Waals surface area contributed by atoms with Crippen molar-refractivity contribution >= 4 is 11.8 Å². The summed E-state index contributed by atoms with van der Waals surface area (Å²) in [6.45, 7) is 8.46. The first-order valence-electron chi connectivity index (χ1n) is 10.1. The highest BCUT2D eigenvalue weighted by molar-refractivity contribution is 6.13. The predicted molar refractivity (Wildman–Crippen MR) is 119 cm³/mol. The third kappa shape index (κ3) is 4.48. The normalized spacial score (nSPS) is 11.2. The number of aromatic nitrogens is 1. The van der Waals surface area contributed by atoms with Crippen molar-refractivity contribution in [2.75, 3.05) is 7.11 Å². The van der Waals surface area contributed by atoms with Crippen LogP contribution in [0.1, 0.15) is 65.1 Å². The Hall–Kier alpha value is -3.27. The molecule has 30 heavy (non-hydrogen) atoms. The lowest BCUT2D eigenvalue weighted by atomic mass is 9.83. The molecule has 4 nitrogen and oxygen atoms in total. The summed E-state index contributed by atoms with van der Waals surface area (Å²) in [5.74, 6) is -0.513. The zero-order chi connectivity index (χ0) is 21.9. The average Bonchev–Trinajstić information content (AvgIpc) is 2.77. The highest BCUT2D eigenvalue weighted by atomic mass is 16.5. The van der Waals surface area contributed by atoms with Gasteiger partial charge in [-0.1, -0.05) is 52.0 Å². The minimum absolute atomic E-state index is 0.0885. The summed E-state index contributed by atoms with van der Waals surface area (Å²) in [6, 6.07) is 14.7. The van der Waals surface area contributed by atoms with Crippen LogP contribution in [0, 0.1) is 0 Å². The summed E-state index contributed by atoms with van der Waals surface area (Å²) in [5.41, 5.74) is 5.45. The van der Waals surface area contributed by atoms with Gasteiger partial charge in [-0.25, -0.2) is 4.79 Å². The lowest BCUT2D eigenvalue weighted by Crippen LogP contribution is -2.13. The Morgan fingerprint density at radius 1 is 0.933 bits per heavy atom. The van der Waals surface area contributed by atoms with Gasteiger partial charge in [0, 0.05) is 29.1 Å². The van der Waals surface area contributed by atoms with Crippen molar-refractivity contribution in [1.82, 2.24) is 4.98 Å². The number of hydrogen-bond acceptors (Lipinski definition) is 4. The van der Waals surface area contributed by atoms with E-state index in [2.05, 4.69) is 44.8 Å². The first-order valence-corrected chi connectivity index (χ1v) is 10.1. The van der Waals surface area contributed by atoms with Gasteiger partial charge in [-0.3, -0.25) is 9.78 Å². The van der Waals surface area contributed by atoms with Crippen LogP contribution in [0.25, 0.3) is 11.1 Å². The molecule has 0 aliphatic rings. The molecule has 0 N–H and O–H groups in total. The number of aryl methyl sites for hydroxylation is 1. The van der Waals surface area contributed by atoms with E-state index >= 15 is 0 Å². The maximum absolute atomic E-state index is 13.5. The number of hydrogen-bond donors (Lipinski definition) is 0. The van der Waals surface area contributed by atoms with Crippen LogP contribution < -0.4 is 0 Å². The summed E-state index contributed by atoms with van der Waals surface area (Å²) in [4.78, 5) is 29.5. The molecule has 3 aromatic rings. The third-order valence-electron chi connectivity index (χ3n) is 5.21. The van der Waals surface area contributed by atoms with E-state index < -0.39 is 5.97 Å². The maximum atomic E-state index is 13.5. The highest BCUT2D eigenvalue weighted by Crippen LogP contribution is 2.31. The molecule has 2 aromatic carbocycles. The Kier molecular flexibility index (Phi) is 6.16. The van der Waals surface area contributed by atoms with Crippen LogP contribution in [0.5, 0.6) is 0 Å². The van der Waals surface area contributed by atoms with Gasteiger partial charge in [-0.05, 0) is 52.8 Å². The monoisotopic (exact) mass is 401 g/mol. The molecule has 0 aliphatic carbocycles. The molecule has 0 unspecified atom stereocenters. The SMILES string of the molecule is CCc1cncc(-c2ccc(C(C)(C)C)cc2C(=O)c2ccc(C(=O)OC)cc2)c1. The molecule has 4 heteroatoms. The van der Waals surface area contributed by atoms with Crippen LogP contribution in [0.4, 0.5) is 0 Å². The van der Waals surface area contributed by atoms with Crippen LogP contribution in [-0.2, 0) is 16.6 Å². The summed E-state index contributed by atoms with van der Waals surface area (Å²) in [7, 11) is 1.34. The summed E-state index contributed by atoms with van der Waals surface area (Å²) in [6.07, 6.45) is 4.52. The first-order chi connectivity index (χ1) is 14.2. The van der Waals surface area contributed by atoms with Gasteiger partial charge in [0.15, 0.2) is 5.78 Å². The Morgan fingerprint density at radius 2 is 1.60 bits per heavy atom. The molecular formula is C26H27NO3. The molecule has 0 bridgehead atoms. The van der Waals surface area contributed by atoms with E-state index in [0.29, 0.717) is 16.7 Å². The number of ether oxygens (including phenoxy) is 1. The molecule has 0 amide bonds. The molecule has 1 aromatic heterocycles. The zero-order valence-electron chi connectivity index (χ0n) is 18.2. The minimum atomic E-state index is -0.424. The van der Waals surface area contributed by atoms with Gasteiger partial charge in [0.2, 0.25) is 0 Å². The van der Waals surface area contributed by atoms with Gasteiger partial charge >= 0.3 is 5.97 Å². The van der Waals surface area contributed by atoms with Crippen molar-refractivity contribution in [3.8, 4) is 11.1 Å². The number of esters is 1. The predicted octanol–water partition coefficient (Wildman–Crippen LogP) is 5.63. The lowest BCUT2D eigenvalue weighted by molar-refractivity contribution is 0.0600. The molecule has 3 rings (SSSR count). The van der Waals surface area contributed by atoms with E-state index in [1.165, 1.54) is 7.11 Å². The maximum Gasteiger partial charge on any atom is 0.337 e. The van der Waals surface area contributed by atoms with Gasteiger partial charge in [0.05, 0.1) is 12.7 Å². The van der Waals surface area contributed by atoms with Gasteiger partial charge in [-0.15, -0.1) is 0 Å². The fraction of sp³-hybridized carbons (Fsp3) is 0.269. The van der Waals surface area contributed by atoms with Crippen LogP contribution in [-0.4, -0.2) is 23.8 Å². The van der Waals surface area contributed by atoms with E-state index in [1.54, 1.807) is 30.5 Å². The number of rotatable bonds is 5. The van der Waals surface area contributed by atoms with Gasteiger partial charge < -0.3 is 4.74 Å². The van der Waals surface area contributed by atoms with E-state index in [0.717, 1.165) is 28.7 Å². The largest absolute Gasteiger partial charge is 0.465 e. The Bertz CT molecular complexity index is 1080. The van der Waals surface area contributed by atoms with E-state index in [1.807, 2.05) is 18.3 Å². The van der Waals surface area contributed by atoms with E-state index in [9.17, 15) is 9.59 Å². The summed E-state index contributed by atoms with van der Waals surface area (Å²) in [5, 5.41) is 0. The fourth-order valence-corrected chi connectivity index (χ4v) is 3.31. The number of carbonyl (C=O) groups excluding carboxylic acids is 2. The molecule has 0 spiro atoms. The second-order valence-electron chi connectivity index (χ2n) is 8.34. The minimum Gasteiger partial charge on any atom is -0.465 e. The summed E-state index contributed by atoms with van der Waals surface area (Å²) < 4.78 is 4.74. The molecule has 154 valence electrons. The van der Waals surface area contributed by atoms with Crippen LogP contribution in [0.2, 0.25) is 0 Å². The molecule has 0 aliphatic heterocycles. The van der Waals surface area contributed by atoms with Crippen molar-refractivity contribution < 1.29 is 14.3 Å². The van der Waals surface area contributed by atoms with Crippen molar-refractivity contribution in [2.24, 2.45) is 0 Å². The van der Waals surface area contributed by atoms with Gasteiger partial charge in [0.25, 0.3) is 0 Å². The smallest absolute Gasteiger partial charge is 0.337 e. The number of benzene rings is 2. The summed E-state index contributed by atoms with van der Waals surface area (Å²) >= 11 is 0. The standard InChI is InChI=1S/C26H27NO3/c1-6-17-13-20(16-27-15-17)22-12-11-21(26(2,3)4)14-23(22)24(28)18-7-9-19(10-8-18)25(29)30-5/h7-16H,6H2,1-5H3. The molecule has 1 heterocycles. The number of carbonyl (C=O) groups is 2. The van der Waals surface area contributed by atoms with Gasteiger partial charge in [0.1, 0.15) is 0 Å². The van der Waals surface area contributed by atoms with E-state index in [-0.39, 0.29) is 11.2 Å². The average molecular weight is 402 g/mol. The second kappa shape index (κ2) is 8.62. The molecular weight excluding hydrogens is 374 g/mol. The zero-order valence-corrected chi connectivity index (χ0v) is 18.2. The Balaban J connectivity index is 2.12. The molecule has 0 radical (unpaired) electrons. The number of nitrogens with zero attached hydrogens (tertiary/aromatic N) is 1. The molecule has 0 saturated heterocycles. The third-order valence-corrected chi connectivity index (χ3v) is 5.21. The number of pyridine rings is 1. The van der Waals surface area contributed by atoms with Crippen molar-refractivity contribution in [3.63, 3.8) is 0 Å². The second-order valence-corrected chi connectivity index (χ2v) is 8.34. The fourth-order valence-electron chi connectivity index (χ4n) is 3.31. The van der Waals surface area contributed by atoms with Gasteiger partial charge in [-0.2, -0.15) is 0 Å². The van der Waals surface area contributed by atoms with Crippen molar-refractivity contribution in [1.29, 1.82) is 0 Å². The van der Waals surface area contributed by atoms with Crippen LogP contribution in [0.3, 0.4) is 0 Å². The molecule has 0 atom stereocenters. The van der Waals surface area contributed by atoms with Crippen LogP contribution >= 0.6 is 0 Å². The van der Waals surface area contributed by atoms with E-state index in [4.69, 9.17) is 4.74 Å². The topological polar surface area (TPSA) is 56.3 Å². The van der Waals surface area contributed by atoms with Crippen molar-refractivity contribution in [3.05, 3.63) is 88.7 Å². The number of ketones is 1. The highest BCUT2D eigenvalue weighted by Gasteiger charge is 2.21. The Labute approximate surface area is 177 Å². The lowest BCUT2D eigenvalue weighted by Gasteiger charge is -2.21. The molecule has 0 fully saturated rings.